The Morgan fingerprint density at radius 1 is 1.31 bits per heavy atom. The molecule has 29 heavy (non-hydrogen) atoms. The van der Waals surface area contributed by atoms with Crippen LogP contribution in [-0.2, 0) is 4.79 Å². The molecule has 2 heterocycles. The number of aromatic nitrogens is 4. The van der Waals surface area contributed by atoms with Gasteiger partial charge in [-0.05, 0) is 44.6 Å². The number of carbonyl (C=O) groups excluding carboxylic acids is 1. The zero-order valence-corrected chi connectivity index (χ0v) is 16.8. The van der Waals surface area contributed by atoms with Crippen molar-refractivity contribution in [3.63, 3.8) is 0 Å². The van der Waals surface area contributed by atoms with E-state index in [4.69, 9.17) is 0 Å². The lowest BCUT2D eigenvalue weighted by Gasteiger charge is -2.21. The minimum Gasteiger partial charge on any atom is -0.360 e. The average Bonchev–Trinajstić information content (AvgIpc) is 3.15. The molecule has 2 aromatic heterocycles. The van der Waals surface area contributed by atoms with Crippen LogP contribution < -0.4 is 5.32 Å². The normalized spacial score (nSPS) is 18.0. The van der Waals surface area contributed by atoms with Gasteiger partial charge in [-0.1, -0.05) is 30.0 Å². The zero-order chi connectivity index (χ0) is 19.8. The van der Waals surface area contributed by atoms with Crippen LogP contribution in [0.25, 0.3) is 22.3 Å². The summed E-state index contributed by atoms with van der Waals surface area (Å²) >= 11 is 1.40. The lowest BCUT2D eigenvalue weighted by atomic mass is 10.0. The summed E-state index contributed by atoms with van der Waals surface area (Å²) in [5.41, 5.74) is 1.42. The predicted octanol–water partition coefficient (Wildman–Crippen LogP) is 3.81. The van der Waals surface area contributed by atoms with Crippen LogP contribution in [0.1, 0.15) is 44.6 Å². The van der Waals surface area contributed by atoms with Gasteiger partial charge in [0.2, 0.25) is 5.91 Å². The van der Waals surface area contributed by atoms with Crippen molar-refractivity contribution in [3.05, 3.63) is 30.5 Å². The number of benzene rings is 1. The number of H-pyrrole nitrogens is 1. The van der Waals surface area contributed by atoms with Crippen LogP contribution >= 0.6 is 11.8 Å². The third-order valence-electron chi connectivity index (χ3n) is 5.79. The molecule has 0 saturated heterocycles. The van der Waals surface area contributed by atoms with Crippen molar-refractivity contribution in [2.45, 2.75) is 55.3 Å². The van der Waals surface area contributed by atoms with E-state index in [1.807, 2.05) is 24.4 Å². The molecule has 2 aliphatic carbocycles. The van der Waals surface area contributed by atoms with Crippen molar-refractivity contribution < 1.29 is 4.79 Å². The monoisotopic (exact) mass is 406 g/mol. The molecule has 2 saturated carbocycles. The van der Waals surface area contributed by atoms with Gasteiger partial charge in [-0.15, -0.1) is 10.2 Å². The first kappa shape index (κ1) is 18.3. The van der Waals surface area contributed by atoms with Gasteiger partial charge in [0.05, 0.1) is 11.8 Å². The van der Waals surface area contributed by atoms with Gasteiger partial charge in [0.1, 0.15) is 5.54 Å². The van der Waals surface area contributed by atoms with Gasteiger partial charge in [-0.2, -0.15) is 5.26 Å². The highest BCUT2D eigenvalue weighted by Gasteiger charge is 2.36. The highest BCUT2D eigenvalue weighted by molar-refractivity contribution is 7.99. The standard InChI is InChI=1S/C21H22N6OS/c22-13-21(9-3-4-10-21)24-18(28)12-29-20-26-25-19(27(20)14-7-8-14)16-11-23-17-6-2-1-5-15(16)17/h1-2,5-6,11,14,23H,3-4,7-10,12H2,(H,24,28). The fraction of sp³-hybridized carbons (Fsp3) is 0.429. The number of nitriles is 1. The molecule has 5 rings (SSSR count). The van der Waals surface area contributed by atoms with Crippen LogP contribution in [0.4, 0.5) is 0 Å². The first-order chi connectivity index (χ1) is 14.2. The average molecular weight is 407 g/mol. The highest BCUT2D eigenvalue weighted by atomic mass is 32.2. The number of thioether (sulfide) groups is 1. The second kappa shape index (κ2) is 7.23. The smallest absolute Gasteiger partial charge is 0.231 e. The second-order valence-electron chi connectivity index (χ2n) is 7.89. The number of carbonyl (C=O) groups is 1. The molecule has 0 unspecified atom stereocenters. The van der Waals surface area contributed by atoms with E-state index in [2.05, 4.69) is 37.2 Å². The van der Waals surface area contributed by atoms with Crippen molar-refractivity contribution in [1.29, 1.82) is 5.26 Å². The first-order valence-electron chi connectivity index (χ1n) is 10.1. The molecule has 3 aromatic rings. The van der Waals surface area contributed by atoms with Gasteiger partial charge in [0.25, 0.3) is 0 Å². The van der Waals surface area contributed by atoms with E-state index >= 15 is 0 Å². The first-order valence-corrected chi connectivity index (χ1v) is 11.0. The molecule has 1 amide bonds. The summed E-state index contributed by atoms with van der Waals surface area (Å²) in [6.07, 6.45) is 7.64. The summed E-state index contributed by atoms with van der Waals surface area (Å²) in [5, 5.41) is 23.2. The minimum absolute atomic E-state index is 0.113. The Balaban J connectivity index is 1.36. The number of hydrogen-bond acceptors (Lipinski definition) is 5. The molecule has 2 aliphatic rings. The lowest BCUT2D eigenvalue weighted by Crippen LogP contribution is -2.45. The number of hydrogen-bond donors (Lipinski definition) is 2. The number of amides is 1. The topological polar surface area (TPSA) is 99.4 Å². The predicted molar refractivity (Wildman–Crippen MR) is 111 cm³/mol. The van der Waals surface area contributed by atoms with Gasteiger partial charge in [-0.3, -0.25) is 9.36 Å². The molecule has 2 N–H and O–H groups in total. The van der Waals surface area contributed by atoms with Crippen LogP contribution in [0, 0.1) is 11.3 Å². The van der Waals surface area contributed by atoms with Crippen molar-refractivity contribution in [2.75, 3.05) is 5.75 Å². The Kier molecular flexibility index (Phi) is 4.55. The summed E-state index contributed by atoms with van der Waals surface area (Å²) in [6, 6.07) is 10.8. The number of aromatic amines is 1. The third-order valence-corrected chi connectivity index (χ3v) is 6.73. The number of fused-ring (bicyclic) bond motifs is 1. The van der Waals surface area contributed by atoms with Crippen molar-refractivity contribution in [3.8, 4) is 17.5 Å². The molecule has 0 aliphatic heterocycles. The van der Waals surface area contributed by atoms with E-state index in [1.54, 1.807) is 0 Å². The third kappa shape index (κ3) is 3.40. The van der Waals surface area contributed by atoms with Crippen molar-refractivity contribution in [2.24, 2.45) is 0 Å². The Morgan fingerprint density at radius 2 is 2.10 bits per heavy atom. The minimum atomic E-state index is -0.684. The molecule has 8 heteroatoms. The van der Waals surface area contributed by atoms with Crippen LogP contribution in [-0.4, -0.2) is 36.9 Å². The molecule has 7 nitrogen and oxygen atoms in total. The van der Waals surface area contributed by atoms with Gasteiger partial charge in [0, 0.05) is 28.7 Å². The van der Waals surface area contributed by atoms with E-state index < -0.39 is 5.54 Å². The quantitative estimate of drug-likeness (QED) is 0.607. The molecule has 0 spiro atoms. The molecular formula is C21H22N6OS. The summed E-state index contributed by atoms with van der Waals surface area (Å²) in [5.74, 6) is 0.969. The SMILES string of the molecule is N#CC1(NC(=O)CSc2nnc(-c3c[nH]c4ccccc34)n2C2CC2)CCCC1. The molecular weight excluding hydrogens is 384 g/mol. The fourth-order valence-electron chi connectivity index (χ4n) is 4.15. The fourth-order valence-corrected chi connectivity index (χ4v) is 4.96. The van der Waals surface area contributed by atoms with E-state index in [1.165, 1.54) is 11.8 Å². The summed E-state index contributed by atoms with van der Waals surface area (Å²) in [4.78, 5) is 15.8. The van der Waals surface area contributed by atoms with E-state index in [9.17, 15) is 10.1 Å². The van der Waals surface area contributed by atoms with Crippen molar-refractivity contribution in [1.82, 2.24) is 25.1 Å². The lowest BCUT2D eigenvalue weighted by molar-refractivity contribution is -0.119. The van der Waals surface area contributed by atoms with Gasteiger partial charge < -0.3 is 10.3 Å². The second-order valence-corrected chi connectivity index (χ2v) is 8.84. The van der Waals surface area contributed by atoms with Crippen LogP contribution in [0.5, 0.6) is 0 Å². The largest absolute Gasteiger partial charge is 0.360 e. The maximum Gasteiger partial charge on any atom is 0.231 e. The van der Waals surface area contributed by atoms with Gasteiger partial charge in [0.15, 0.2) is 11.0 Å². The van der Waals surface area contributed by atoms with Crippen molar-refractivity contribution >= 4 is 28.6 Å². The molecule has 148 valence electrons. The van der Waals surface area contributed by atoms with Crippen LogP contribution in [0.3, 0.4) is 0 Å². The van der Waals surface area contributed by atoms with E-state index in [0.717, 1.165) is 66.0 Å². The Labute approximate surface area is 172 Å². The summed E-state index contributed by atoms with van der Waals surface area (Å²) < 4.78 is 2.17. The molecule has 1 aromatic carbocycles. The molecule has 2 fully saturated rings. The number of nitrogens with zero attached hydrogens (tertiary/aromatic N) is 4. The Morgan fingerprint density at radius 3 is 2.86 bits per heavy atom. The molecule has 0 radical (unpaired) electrons. The number of nitrogens with one attached hydrogen (secondary N) is 2. The highest BCUT2D eigenvalue weighted by Crippen LogP contribution is 2.42. The van der Waals surface area contributed by atoms with Gasteiger partial charge in [-0.25, -0.2) is 0 Å². The van der Waals surface area contributed by atoms with Gasteiger partial charge >= 0.3 is 0 Å². The number of para-hydroxylation sites is 1. The maximum atomic E-state index is 12.5. The molecule has 0 bridgehead atoms. The number of rotatable bonds is 6. The Bertz CT molecular complexity index is 1100. The Hall–Kier alpha value is -2.79. The maximum absolute atomic E-state index is 12.5. The van der Waals surface area contributed by atoms with Crippen LogP contribution in [0.15, 0.2) is 35.6 Å². The molecule has 0 atom stereocenters. The summed E-state index contributed by atoms with van der Waals surface area (Å²) in [7, 11) is 0. The zero-order valence-electron chi connectivity index (χ0n) is 16.0. The van der Waals surface area contributed by atoms with Crippen LogP contribution in [0.2, 0.25) is 0 Å². The summed E-state index contributed by atoms with van der Waals surface area (Å²) in [6.45, 7) is 0. The van der Waals surface area contributed by atoms with E-state index in [0.29, 0.717) is 6.04 Å². The van der Waals surface area contributed by atoms with E-state index in [-0.39, 0.29) is 11.7 Å².